The Bertz CT molecular complexity index is 3290. The first-order valence-electron chi connectivity index (χ1n) is 20.4. The summed E-state index contributed by atoms with van der Waals surface area (Å²) in [6.07, 6.45) is 3.66. The van der Waals surface area contributed by atoms with E-state index in [9.17, 15) is 0 Å². The van der Waals surface area contributed by atoms with Crippen molar-refractivity contribution in [2.24, 2.45) is 0 Å². The number of pyridine rings is 2. The molecule has 7 aromatic carbocycles. The zero-order valence-corrected chi connectivity index (χ0v) is 33.8. The second-order valence-corrected chi connectivity index (χ2v) is 16.1. The lowest BCUT2D eigenvalue weighted by molar-refractivity contribution is 1.18. The van der Waals surface area contributed by atoms with E-state index in [4.69, 9.17) is 19.9 Å². The average molecular weight is 797 g/mol. The van der Waals surface area contributed by atoms with Crippen LogP contribution in [0.1, 0.15) is 0 Å². The number of hydrogen-bond donors (Lipinski definition) is 0. The van der Waals surface area contributed by atoms with Gasteiger partial charge in [0.2, 0.25) is 0 Å². The van der Waals surface area contributed by atoms with E-state index < -0.39 is 0 Å². The SMILES string of the molecule is c1ccc(-c2nc(-c3cc(-c4ccccn4)cc(-c4ccccn4)c3)cc(-c3cc(-c4ccccc4-c4ccccc4)cc(-c4cccc5c4sc4ccccc45)c3)n2)cc1. The monoisotopic (exact) mass is 796 g/mol. The number of rotatable bonds is 8. The van der Waals surface area contributed by atoms with Gasteiger partial charge in [-0.15, -0.1) is 11.3 Å². The van der Waals surface area contributed by atoms with Gasteiger partial charge in [0.15, 0.2) is 5.82 Å². The minimum Gasteiger partial charge on any atom is -0.256 e. The molecule has 0 saturated heterocycles. The summed E-state index contributed by atoms with van der Waals surface area (Å²) >= 11 is 1.85. The lowest BCUT2D eigenvalue weighted by atomic mass is 9.90. The van der Waals surface area contributed by atoms with Crippen molar-refractivity contribution in [3.8, 4) is 89.8 Å². The first-order chi connectivity index (χ1) is 30.2. The number of nitrogens with zero attached hydrogens (tertiary/aromatic N) is 4. The molecular formula is C56H36N4S. The molecule has 0 atom stereocenters. The number of benzene rings is 7. The molecule has 4 nitrogen and oxygen atoms in total. The summed E-state index contributed by atoms with van der Waals surface area (Å²) in [6, 6.07) is 72.6. The Labute approximate surface area is 358 Å². The summed E-state index contributed by atoms with van der Waals surface area (Å²) in [6.45, 7) is 0. The Morgan fingerprint density at radius 3 is 1.38 bits per heavy atom. The van der Waals surface area contributed by atoms with E-state index in [1.54, 1.807) is 0 Å². The maximum absolute atomic E-state index is 5.37. The predicted molar refractivity (Wildman–Crippen MR) is 254 cm³/mol. The molecule has 0 aliphatic carbocycles. The fraction of sp³-hybridized carbons (Fsp3) is 0. The van der Waals surface area contributed by atoms with Gasteiger partial charge >= 0.3 is 0 Å². The highest BCUT2D eigenvalue weighted by molar-refractivity contribution is 7.26. The van der Waals surface area contributed by atoms with Crippen LogP contribution in [0.15, 0.2) is 219 Å². The van der Waals surface area contributed by atoms with Crippen molar-refractivity contribution in [1.82, 2.24) is 19.9 Å². The molecule has 0 spiro atoms. The highest BCUT2D eigenvalue weighted by Gasteiger charge is 2.18. The van der Waals surface area contributed by atoms with E-state index in [1.165, 1.54) is 36.9 Å². The number of thiophene rings is 1. The van der Waals surface area contributed by atoms with Crippen LogP contribution in [-0.2, 0) is 0 Å². The minimum absolute atomic E-state index is 0.652. The van der Waals surface area contributed by atoms with E-state index in [-0.39, 0.29) is 0 Å². The summed E-state index contributed by atoms with van der Waals surface area (Å²) in [5, 5.41) is 2.54. The molecule has 11 aromatic rings. The van der Waals surface area contributed by atoms with Gasteiger partial charge in [-0.2, -0.15) is 0 Å². The van der Waals surface area contributed by atoms with Gasteiger partial charge in [0, 0.05) is 60.4 Å². The van der Waals surface area contributed by atoms with Crippen LogP contribution in [0.3, 0.4) is 0 Å². The lowest BCUT2D eigenvalue weighted by Crippen LogP contribution is -1.97. The van der Waals surface area contributed by atoms with E-state index in [1.807, 2.05) is 78.3 Å². The second kappa shape index (κ2) is 15.7. The Morgan fingerprint density at radius 1 is 0.295 bits per heavy atom. The number of fused-ring (bicyclic) bond motifs is 3. The molecule has 5 heteroatoms. The van der Waals surface area contributed by atoms with Crippen molar-refractivity contribution in [3.63, 3.8) is 0 Å². The summed E-state index contributed by atoms with van der Waals surface area (Å²) in [5.41, 5.74) is 15.2. The van der Waals surface area contributed by atoms with Crippen LogP contribution < -0.4 is 0 Å². The Balaban J connectivity index is 1.17. The largest absolute Gasteiger partial charge is 0.256 e. The number of aromatic nitrogens is 4. The molecule has 4 heterocycles. The predicted octanol–water partition coefficient (Wildman–Crippen LogP) is 15.0. The van der Waals surface area contributed by atoms with Crippen molar-refractivity contribution in [3.05, 3.63) is 219 Å². The van der Waals surface area contributed by atoms with Gasteiger partial charge < -0.3 is 0 Å². The van der Waals surface area contributed by atoms with Crippen molar-refractivity contribution in [2.75, 3.05) is 0 Å². The molecule has 0 unspecified atom stereocenters. The Morgan fingerprint density at radius 2 is 0.754 bits per heavy atom. The van der Waals surface area contributed by atoms with Crippen molar-refractivity contribution in [2.45, 2.75) is 0 Å². The third kappa shape index (κ3) is 7.07. The average Bonchev–Trinajstić information content (AvgIpc) is 3.74. The maximum Gasteiger partial charge on any atom is 0.160 e. The van der Waals surface area contributed by atoms with E-state index in [0.29, 0.717) is 5.82 Å². The van der Waals surface area contributed by atoms with Crippen molar-refractivity contribution in [1.29, 1.82) is 0 Å². The topological polar surface area (TPSA) is 51.6 Å². The van der Waals surface area contributed by atoms with Gasteiger partial charge in [0.1, 0.15) is 0 Å². The van der Waals surface area contributed by atoms with Crippen LogP contribution in [-0.4, -0.2) is 19.9 Å². The molecule has 0 fully saturated rings. The quantitative estimate of drug-likeness (QED) is 0.154. The second-order valence-electron chi connectivity index (χ2n) is 15.0. The summed E-state index contributed by atoms with van der Waals surface area (Å²) < 4.78 is 2.55. The molecule has 11 rings (SSSR count). The van der Waals surface area contributed by atoms with Crippen LogP contribution in [0.25, 0.3) is 110 Å². The molecule has 0 radical (unpaired) electrons. The molecule has 0 saturated carbocycles. The highest BCUT2D eigenvalue weighted by Crippen LogP contribution is 2.43. The normalized spacial score (nSPS) is 11.3. The maximum atomic E-state index is 5.37. The first kappa shape index (κ1) is 36.2. The van der Waals surface area contributed by atoms with Crippen LogP contribution in [0.2, 0.25) is 0 Å². The van der Waals surface area contributed by atoms with E-state index in [2.05, 4.69) is 152 Å². The fourth-order valence-corrected chi connectivity index (χ4v) is 9.50. The smallest absolute Gasteiger partial charge is 0.160 e. The van der Waals surface area contributed by atoms with E-state index in [0.717, 1.165) is 67.3 Å². The standard InChI is InChI=1S/C56H36N4S/c1-3-16-37(17-4-1)45-20-7-8-21-46(45)39-30-40(47-23-15-24-49-48-22-9-10-27-54(48)61-55(47)49)32-43(31-39)52-36-53(60-56(59-52)38-18-5-2-6-19-38)44-34-41(50-25-11-13-28-57-50)33-42(35-44)51-26-12-14-29-58-51/h1-36H. The Kier molecular flexibility index (Phi) is 9.34. The molecular weight excluding hydrogens is 761 g/mol. The molecule has 0 N–H and O–H groups in total. The minimum atomic E-state index is 0.652. The van der Waals surface area contributed by atoms with Gasteiger partial charge in [-0.05, 0) is 106 Å². The number of hydrogen-bond acceptors (Lipinski definition) is 5. The molecule has 286 valence electrons. The molecule has 0 aliphatic rings. The molecule has 0 bridgehead atoms. The van der Waals surface area contributed by atoms with Crippen LogP contribution in [0.5, 0.6) is 0 Å². The van der Waals surface area contributed by atoms with E-state index >= 15 is 0 Å². The molecule has 0 amide bonds. The summed E-state index contributed by atoms with van der Waals surface area (Å²) in [7, 11) is 0. The lowest BCUT2D eigenvalue weighted by Gasteiger charge is -2.16. The van der Waals surface area contributed by atoms with Gasteiger partial charge in [-0.1, -0.05) is 133 Å². The Hall–Kier alpha value is -7.86. The highest BCUT2D eigenvalue weighted by atomic mass is 32.1. The van der Waals surface area contributed by atoms with Gasteiger partial charge in [-0.3, -0.25) is 9.97 Å². The first-order valence-corrected chi connectivity index (χ1v) is 21.2. The van der Waals surface area contributed by atoms with Gasteiger partial charge in [-0.25, -0.2) is 9.97 Å². The van der Waals surface area contributed by atoms with Crippen LogP contribution in [0.4, 0.5) is 0 Å². The van der Waals surface area contributed by atoms with Crippen molar-refractivity contribution < 1.29 is 0 Å². The molecule has 4 aromatic heterocycles. The van der Waals surface area contributed by atoms with Crippen molar-refractivity contribution >= 4 is 31.5 Å². The zero-order chi connectivity index (χ0) is 40.5. The zero-order valence-electron chi connectivity index (χ0n) is 33.0. The van der Waals surface area contributed by atoms with Crippen LogP contribution in [0, 0.1) is 0 Å². The third-order valence-electron chi connectivity index (χ3n) is 11.2. The summed E-state index contributed by atoms with van der Waals surface area (Å²) in [5.74, 6) is 0.652. The molecule has 61 heavy (non-hydrogen) atoms. The fourth-order valence-electron chi connectivity index (χ4n) is 8.26. The molecule has 0 aliphatic heterocycles. The van der Waals surface area contributed by atoms with Gasteiger partial charge in [0.25, 0.3) is 0 Å². The third-order valence-corrected chi connectivity index (χ3v) is 12.4. The van der Waals surface area contributed by atoms with Crippen LogP contribution >= 0.6 is 11.3 Å². The summed E-state index contributed by atoms with van der Waals surface area (Å²) in [4.78, 5) is 20.1. The van der Waals surface area contributed by atoms with Gasteiger partial charge in [0.05, 0.1) is 22.8 Å².